The molecule has 0 saturated heterocycles. The molecule has 1 rings (SSSR count). The highest BCUT2D eigenvalue weighted by atomic mass is 35.5. The predicted octanol–water partition coefficient (Wildman–Crippen LogP) is 3.31. The molecule has 0 bridgehead atoms. The van der Waals surface area contributed by atoms with Gasteiger partial charge >= 0.3 is 0 Å². The molecule has 106 valence electrons. The zero-order valence-electron chi connectivity index (χ0n) is 11.4. The van der Waals surface area contributed by atoms with Crippen LogP contribution in [0.4, 0.5) is 11.4 Å². The first-order chi connectivity index (χ1) is 8.99. The lowest BCUT2D eigenvalue weighted by Gasteiger charge is -2.09. The molecule has 0 aliphatic heterocycles. The maximum atomic E-state index is 11.7. The van der Waals surface area contributed by atoms with Crippen LogP contribution in [0.5, 0.6) is 0 Å². The minimum absolute atomic E-state index is 0.0674. The lowest BCUT2D eigenvalue weighted by Crippen LogP contribution is -2.14. The summed E-state index contributed by atoms with van der Waals surface area (Å²) in [5.41, 5.74) is 6.82. The number of benzene rings is 1. The van der Waals surface area contributed by atoms with Crippen molar-refractivity contribution in [3.05, 3.63) is 23.2 Å². The summed E-state index contributed by atoms with van der Waals surface area (Å²) in [5.74, 6) is 0.449. The van der Waals surface area contributed by atoms with Crippen molar-refractivity contribution in [1.82, 2.24) is 0 Å². The molecule has 19 heavy (non-hydrogen) atoms. The zero-order chi connectivity index (χ0) is 14.3. The Kier molecular flexibility index (Phi) is 6.67. The van der Waals surface area contributed by atoms with Crippen LogP contribution in [-0.4, -0.2) is 19.1 Å². The molecular formula is C14H21ClN2O2. The van der Waals surface area contributed by atoms with Crippen LogP contribution in [-0.2, 0) is 9.53 Å². The SMILES string of the molecule is CC(C)COCCCC(=O)Nc1ccc(Cl)cc1N. The highest BCUT2D eigenvalue weighted by Crippen LogP contribution is 2.22. The fraction of sp³-hybridized carbons (Fsp3) is 0.500. The van der Waals surface area contributed by atoms with Crippen LogP contribution in [0.15, 0.2) is 18.2 Å². The first kappa shape index (κ1) is 15.8. The lowest BCUT2D eigenvalue weighted by atomic mass is 10.2. The van der Waals surface area contributed by atoms with Gasteiger partial charge in [0.05, 0.1) is 11.4 Å². The first-order valence-corrected chi connectivity index (χ1v) is 6.79. The van der Waals surface area contributed by atoms with Gasteiger partial charge in [-0.05, 0) is 30.5 Å². The molecule has 0 unspecified atom stereocenters. The number of rotatable bonds is 7. The van der Waals surface area contributed by atoms with Gasteiger partial charge in [-0.25, -0.2) is 0 Å². The number of carbonyl (C=O) groups excluding carboxylic acids is 1. The third-order valence-corrected chi connectivity index (χ3v) is 2.67. The van der Waals surface area contributed by atoms with Gasteiger partial charge in [0.15, 0.2) is 0 Å². The number of nitrogens with two attached hydrogens (primary N) is 1. The molecule has 0 radical (unpaired) electrons. The van der Waals surface area contributed by atoms with Gasteiger partial charge in [0, 0.05) is 24.7 Å². The van der Waals surface area contributed by atoms with E-state index in [9.17, 15) is 4.79 Å². The van der Waals surface area contributed by atoms with E-state index >= 15 is 0 Å². The zero-order valence-corrected chi connectivity index (χ0v) is 12.2. The summed E-state index contributed by atoms with van der Waals surface area (Å²) < 4.78 is 5.41. The Labute approximate surface area is 119 Å². The van der Waals surface area contributed by atoms with Gasteiger partial charge in [0.1, 0.15) is 0 Å². The van der Waals surface area contributed by atoms with Crippen molar-refractivity contribution in [2.75, 3.05) is 24.3 Å². The number of nitrogen functional groups attached to an aromatic ring is 1. The van der Waals surface area contributed by atoms with Gasteiger partial charge in [-0.15, -0.1) is 0 Å². The van der Waals surface area contributed by atoms with Crippen molar-refractivity contribution >= 4 is 28.9 Å². The summed E-state index contributed by atoms with van der Waals surface area (Å²) in [5, 5.41) is 3.31. The molecule has 0 aliphatic carbocycles. The van der Waals surface area contributed by atoms with E-state index in [0.29, 0.717) is 41.8 Å². The molecule has 4 nitrogen and oxygen atoms in total. The second-order valence-corrected chi connectivity index (χ2v) is 5.29. The maximum absolute atomic E-state index is 11.7. The van der Waals surface area contributed by atoms with E-state index in [1.165, 1.54) is 0 Å². The van der Waals surface area contributed by atoms with E-state index in [4.69, 9.17) is 22.1 Å². The average molecular weight is 285 g/mol. The summed E-state index contributed by atoms with van der Waals surface area (Å²) >= 11 is 5.79. The topological polar surface area (TPSA) is 64.3 Å². The summed E-state index contributed by atoms with van der Waals surface area (Å²) in [7, 11) is 0. The Balaban J connectivity index is 2.27. The Morgan fingerprint density at radius 3 is 2.84 bits per heavy atom. The van der Waals surface area contributed by atoms with Crippen molar-refractivity contribution in [2.45, 2.75) is 26.7 Å². The fourth-order valence-corrected chi connectivity index (χ4v) is 1.69. The van der Waals surface area contributed by atoms with E-state index < -0.39 is 0 Å². The Morgan fingerprint density at radius 1 is 1.47 bits per heavy atom. The van der Waals surface area contributed by atoms with Crippen molar-refractivity contribution in [3.8, 4) is 0 Å². The van der Waals surface area contributed by atoms with Crippen LogP contribution in [0.3, 0.4) is 0 Å². The van der Waals surface area contributed by atoms with Gasteiger partial charge in [-0.3, -0.25) is 4.79 Å². The molecule has 3 N–H and O–H groups in total. The largest absolute Gasteiger partial charge is 0.397 e. The van der Waals surface area contributed by atoms with Gasteiger partial charge in [-0.1, -0.05) is 25.4 Å². The molecule has 0 aromatic heterocycles. The van der Waals surface area contributed by atoms with Gasteiger partial charge < -0.3 is 15.8 Å². The normalized spacial score (nSPS) is 10.7. The Hall–Kier alpha value is -1.26. The molecular weight excluding hydrogens is 264 g/mol. The third-order valence-electron chi connectivity index (χ3n) is 2.43. The molecule has 1 aromatic carbocycles. The molecule has 1 amide bonds. The number of anilines is 2. The molecule has 1 aromatic rings. The molecule has 0 saturated carbocycles. The number of halogens is 1. The summed E-state index contributed by atoms with van der Waals surface area (Å²) in [6, 6.07) is 5.01. The van der Waals surface area contributed by atoms with Crippen molar-refractivity contribution in [3.63, 3.8) is 0 Å². The minimum Gasteiger partial charge on any atom is -0.397 e. The minimum atomic E-state index is -0.0674. The second kappa shape index (κ2) is 8.02. The average Bonchev–Trinajstić information content (AvgIpc) is 2.32. The van der Waals surface area contributed by atoms with E-state index in [1.54, 1.807) is 18.2 Å². The third kappa shape index (κ3) is 6.45. The monoisotopic (exact) mass is 284 g/mol. The molecule has 0 atom stereocenters. The van der Waals surface area contributed by atoms with Crippen molar-refractivity contribution in [2.24, 2.45) is 5.92 Å². The number of carbonyl (C=O) groups is 1. The van der Waals surface area contributed by atoms with Gasteiger partial charge in [-0.2, -0.15) is 0 Å². The van der Waals surface area contributed by atoms with E-state index in [1.807, 2.05) is 0 Å². The number of ether oxygens (including phenoxy) is 1. The standard InChI is InChI=1S/C14H21ClN2O2/c1-10(2)9-19-7-3-4-14(18)17-13-6-5-11(15)8-12(13)16/h5-6,8,10H,3-4,7,9,16H2,1-2H3,(H,17,18). The number of hydrogen-bond acceptors (Lipinski definition) is 3. The predicted molar refractivity (Wildman–Crippen MR) is 79.4 cm³/mol. The van der Waals surface area contributed by atoms with Crippen LogP contribution in [0.25, 0.3) is 0 Å². The second-order valence-electron chi connectivity index (χ2n) is 4.85. The molecule has 5 heteroatoms. The smallest absolute Gasteiger partial charge is 0.224 e. The number of nitrogens with one attached hydrogen (secondary N) is 1. The maximum Gasteiger partial charge on any atom is 0.224 e. The first-order valence-electron chi connectivity index (χ1n) is 6.41. The summed E-state index contributed by atoms with van der Waals surface area (Å²) in [6.07, 6.45) is 1.12. The highest BCUT2D eigenvalue weighted by molar-refractivity contribution is 6.31. The van der Waals surface area contributed by atoms with E-state index in [2.05, 4.69) is 19.2 Å². The van der Waals surface area contributed by atoms with Crippen LogP contribution in [0, 0.1) is 5.92 Å². The van der Waals surface area contributed by atoms with Gasteiger partial charge in [0.25, 0.3) is 0 Å². The van der Waals surface area contributed by atoms with Gasteiger partial charge in [0.2, 0.25) is 5.91 Å². The lowest BCUT2D eigenvalue weighted by molar-refractivity contribution is -0.116. The van der Waals surface area contributed by atoms with Crippen molar-refractivity contribution < 1.29 is 9.53 Å². The number of amides is 1. The fourth-order valence-electron chi connectivity index (χ4n) is 1.51. The van der Waals surface area contributed by atoms with Crippen LogP contribution >= 0.6 is 11.6 Å². The quantitative estimate of drug-likeness (QED) is 0.596. The summed E-state index contributed by atoms with van der Waals surface area (Å²) in [4.78, 5) is 11.7. The molecule has 0 aliphatic rings. The Bertz CT molecular complexity index is 422. The molecule has 0 heterocycles. The van der Waals surface area contributed by atoms with Crippen LogP contribution < -0.4 is 11.1 Å². The van der Waals surface area contributed by atoms with Crippen molar-refractivity contribution in [1.29, 1.82) is 0 Å². The van der Waals surface area contributed by atoms with E-state index in [0.717, 1.165) is 6.61 Å². The molecule has 0 spiro atoms. The van der Waals surface area contributed by atoms with E-state index in [-0.39, 0.29) is 5.91 Å². The highest BCUT2D eigenvalue weighted by Gasteiger charge is 2.05. The Morgan fingerprint density at radius 2 is 2.21 bits per heavy atom. The van der Waals surface area contributed by atoms with Crippen LogP contribution in [0.2, 0.25) is 5.02 Å². The number of hydrogen-bond donors (Lipinski definition) is 2. The summed E-state index contributed by atoms with van der Waals surface area (Å²) in [6.45, 7) is 5.51. The van der Waals surface area contributed by atoms with Crippen LogP contribution in [0.1, 0.15) is 26.7 Å². The molecule has 0 fully saturated rings.